The summed E-state index contributed by atoms with van der Waals surface area (Å²) in [5.41, 5.74) is 6.80. The molecular formula is C24H23N7O2. The summed E-state index contributed by atoms with van der Waals surface area (Å²) in [6, 6.07) is 11.3. The second-order valence-corrected chi connectivity index (χ2v) is 7.59. The Labute approximate surface area is 191 Å². The molecule has 0 radical (unpaired) electrons. The van der Waals surface area contributed by atoms with Crippen LogP contribution in [0.2, 0.25) is 0 Å². The van der Waals surface area contributed by atoms with Crippen molar-refractivity contribution in [1.82, 2.24) is 29.9 Å². The summed E-state index contributed by atoms with van der Waals surface area (Å²) < 4.78 is 6.79. The quantitative estimate of drug-likeness (QED) is 0.453. The van der Waals surface area contributed by atoms with Crippen molar-refractivity contribution in [2.45, 2.75) is 34.1 Å². The molecule has 0 bridgehead atoms. The van der Waals surface area contributed by atoms with Crippen LogP contribution in [0.25, 0.3) is 17.1 Å². The van der Waals surface area contributed by atoms with Crippen LogP contribution in [0, 0.1) is 32.1 Å². The Morgan fingerprint density at radius 1 is 1.18 bits per heavy atom. The largest absolute Gasteiger partial charge is 0.462 e. The van der Waals surface area contributed by atoms with Crippen LogP contribution < -0.4 is 0 Å². The summed E-state index contributed by atoms with van der Waals surface area (Å²) in [5, 5.41) is 21.1. The third kappa shape index (κ3) is 4.23. The molecule has 0 amide bonds. The summed E-state index contributed by atoms with van der Waals surface area (Å²) in [4.78, 5) is 21.0. The van der Waals surface area contributed by atoms with E-state index in [4.69, 9.17) is 10.00 Å². The number of nitrogens with zero attached hydrogens (tertiary/aromatic N) is 6. The molecule has 9 heteroatoms. The summed E-state index contributed by atoms with van der Waals surface area (Å²) in [5.74, 6) is 0.178. The van der Waals surface area contributed by atoms with E-state index in [9.17, 15) is 4.79 Å². The molecule has 0 saturated heterocycles. The fourth-order valence-corrected chi connectivity index (χ4v) is 3.73. The second-order valence-electron chi connectivity index (χ2n) is 7.59. The Balaban J connectivity index is 1.61. The van der Waals surface area contributed by atoms with Crippen molar-refractivity contribution in [2.24, 2.45) is 0 Å². The Morgan fingerprint density at radius 3 is 2.64 bits per heavy atom. The number of carbonyl (C=O) groups is 1. The highest BCUT2D eigenvalue weighted by molar-refractivity contribution is 5.92. The van der Waals surface area contributed by atoms with Crippen LogP contribution in [0.5, 0.6) is 0 Å². The summed E-state index contributed by atoms with van der Waals surface area (Å²) in [6.45, 7) is 7.66. The van der Waals surface area contributed by atoms with Crippen molar-refractivity contribution in [1.29, 1.82) is 5.26 Å². The minimum atomic E-state index is -0.392. The van der Waals surface area contributed by atoms with E-state index < -0.39 is 5.97 Å². The van der Waals surface area contributed by atoms with Crippen LogP contribution >= 0.6 is 0 Å². The Hall–Kier alpha value is -4.32. The second kappa shape index (κ2) is 9.04. The molecule has 0 aliphatic rings. The minimum Gasteiger partial charge on any atom is -0.462 e. The normalized spacial score (nSPS) is 10.8. The van der Waals surface area contributed by atoms with Gasteiger partial charge in [-0.05, 0) is 45.4 Å². The topological polar surface area (TPSA) is 122 Å². The number of nitrogens with one attached hydrogen (secondary N) is 1. The first kappa shape index (κ1) is 21.9. The number of ether oxygens (including phenoxy) is 1. The van der Waals surface area contributed by atoms with E-state index in [1.807, 2.05) is 32.0 Å². The number of rotatable bonds is 6. The highest BCUT2D eigenvalue weighted by Crippen LogP contribution is 2.25. The molecule has 0 atom stereocenters. The zero-order chi connectivity index (χ0) is 23.5. The van der Waals surface area contributed by atoms with Gasteiger partial charge in [-0.15, -0.1) is 0 Å². The van der Waals surface area contributed by atoms with Crippen LogP contribution in [-0.4, -0.2) is 42.5 Å². The van der Waals surface area contributed by atoms with Crippen LogP contribution in [0.4, 0.5) is 0 Å². The molecule has 0 unspecified atom stereocenters. The van der Waals surface area contributed by atoms with Gasteiger partial charge in [0.15, 0.2) is 5.82 Å². The number of benzene rings is 1. The van der Waals surface area contributed by atoms with Gasteiger partial charge < -0.3 is 4.74 Å². The predicted molar refractivity (Wildman–Crippen MR) is 121 cm³/mol. The average Bonchev–Trinajstić information content (AvgIpc) is 3.32. The van der Waals surface area contributed by atoms with Crippen molar-refractivity contribution in [3.05, 3.63) is 76.1 Å². The number of carbonyl (C=O) groups excluding carboxylic acids is 1. The number of aromatic amines is 1. The lowest BCUT2D eigenvalue weighted by atomic mass is 10.0. The lowest BCUT2D eigenvalue weighted by Crippen LogP contribution is -2.08. The average molecular weight is 441 g/mol. The van der Waals surface area contributed by atoms with E-state index in [-0.39, 0.29) is 0 Å². The van der Waals surface area contributed by atoms with Gasteiger partial charge in [-0.1, -0.05) is 12.1 Å². The third-order valence-corrected chi connectivity index (χ3v) is 5.45. The van der Waals surface area contributed by atoms with Gasteiger partial charge >= 0.3 is 5.97 Å². The maximum absolute atomic E-state index is 12.3. The fourth-order valence-electron chi connectivity index (χ4n) is 3.73. The van der Waals surface area contributed by atoms with Gasteiger partial charge in [-0.25, -0.2) is 19.4 Å². The highest BCUT2D eigenvalue weighted by Gasteiger charge is 2.21. The van der Waals surface area contributed by atoms with Gasteiger partial charge in [0.2, 0.25) is 0 Å². The van der Waals surface area contributed by atoms with Crippen molar-refractivity contribution in [3.63, 3.8) is 0 Å². The monoisotopic (exact) mass is 441 g/mol. The van der Waals surface area contributed by atoms with Crippen LogP contribution in [0.3, 0.4) is 0 Å². The standard InChI is InChI=1S/C24H23N7O2/c1-5-33-24(32)22-15(3)30-31(16(22)4)21-11-19(26-13-27-21)10-20-14(2)23(29-28-20)18-8-6-17(12-25)7-9-18/h6-9,11,13H,5,10H2,1-4H3,(H,28,29). The van der Waals surface area contributed by atoms with E-state index >= 15 is 0 Å². The lowest BCUT2D eigenvalue weighted by Gasteiger charge is -2.06. The molecule has 166 valence electrons. The van der Waals surface area contributed by atoms with Crippen molar-refractivity contribution >= 4 is 5.97 Å². The van der Waals surface area contributed by atoms with E-state index in [2.05, 4.69) is 31.3 Å². The molecule has 33 heavy (non-hydrogen) atoms. The van der Waals surface area contributed by atoms with Crippen molar-refractivity contribution < 1.29 is 9.53 Å². The number of H-pyrrole nitrogens is 1. The maximum atomic E-state index is 12.3. The molecule has 0 spiro atoms. The predicted octanol–water partition coefficient (Wildman–Crippen LogP) is 3.62. The number of esters is 1. The van der Waals surface area contributed by atoms with Crippen LogP contribution in [-0.2, 0) is 11.2 Å². The number of nitriles is 1. The SMILES string of the molecule is CCOC(=O)c1c(C)nn(-c2cc(Cc3[nH]nc(-c4ccc(C#N)cc4)c3C)ncn2)c1C. The van der Waals surface area contributed by atoms with Gasteiger partial charge in [-0.3, -0.25) is 5.10 Å². The lowest BCUT2D eigenvalue weighted by molar-refractivity contribution is 0.0524. The molecule has 3 heterocycles. The molecule has 9 nitrogen and oxygen atoms in total. The van der Waals surface area contributed by atoms with Crippen molar-refractivity contribution in [2.75, 3.05) is 6.61 Å². The Morgan fingerprint density at radius 2 is 1.94 bits per heavy atom. The number of aryl methyl sites for hydroxylation is 1. The summed E-state index contributed by atoms with van der Waals surface area (Å²) >= 11 is 0. The molecule has 3 aromatic heterocycles. The van der Waals surface area contributed by atoms with Crippen molar-refractivity contribution in [3.8, 4) is 23.1 Å². The fraction of sp³-hybridized carbons (Fsp3) is 0.250. The van der Waals surface area contributed by atoms with E-state index in [0.717, 1.165) is 28.2 Å². The highest BCUT2D eigenvalue weighted by atomic mass is 16.5. The molecule has 4 aromatic rings. The van der Waals surface area contributed by atoms with Gasteiger partial charge in [0, 0.05) is 23.7 Å². The molecule has 0 aliphatic heterocycles. The van der Waals surface area contributed by atoms with Gasteiger partial charge in [0.25, 0.3) is 0 Å². The van der Waals surface area contributed by atoms with E-state index in [1.165, 1.54) is 6.33 Å². The van der Waals surface area contributed by atoms with Gasteiger partial charge in [0.05, 0.1) is 41.0 Å². The molecule has 0 saturated carbocycles. The van der Waals surface area contributed by atoms with Gasteiger partial charge in [0.1, 0.15) is 11.9 Å². The number of aromatic nitrogens is 6. The maximum Gasteiger partial charge on any atom is 0.341 e. The summed E-state index contributed by atoms with van der Waals surface area (Å²) in [7, 11) is 0. The molecule has 0 fully saturated rings. The smallest absolute Gasteiger partial charge is 0.341 e. The third-order valence-electron chi connectivity index (χ3n) is 5.45. The first-order chi connectivity index (χ1) is 15.9. The Kier molecular flexibility index (Phi) is 6.00. The molecule has 1 aromatic carbocycles. The molecule has 4 rings (SSSR count). The number of hydrogen-bond donors (Lipinski definition) is 1. The van der Waals surface area contributed by atoms with E-state index in [0.29, 0.717) is 41.4 Å². The van der Waals surface area contributed by atoms with Crippen LogP contribution in [0.15, 0.2) is 36.7 Å². The number of hydrogen-bond acceptors (Lipinski definition) is 7. The molecular weight excluding hydrogens is 418 g/mol. The molecule has 0 aliphatic carbocycles. The summed E-state index contributed by atoms with van der Waals surface area (Å²) in [6.07, 6.45) is 2.01. The zero-order valence-corrected chi connectivity index (χ0v) is 18.9. The zero-order valence-electron chi connectivity index (χ0n) is 18.9. The minimum absolute atomic E-state index is 0.300. The van der Waals surface area contributed by atoms with E-state index in [1.54, 1.807) is 30.7 Å². The van der Waals surface area contributed by atoms with Crippen LogP contribution in [0.1, 0.15) is 51.2 Å². The Bertz CT molecular complexity index is 1360. The van der Waals surface area contributed by atoms with Gasteiger partial charge in [-0.2, -0.15) is 15.5 Å². The first-order valence-corrected chi connectivity index (χ1v) is 10.5. The molecule has 1 N–H and O–H groups in total. The first-order valence-electron chi connectivity index (χ1n) is 10.5.